The van der Waals surface area contributed by atoms with Crippen molar-refractivity contribution in [1.82, 2.24) is 4.98 Å². The number of aliphatic hydroxyl groups excluding tert-OH is 1. The van der Waals surface area contributed by atoms with Gasteiger partial charge >= 0.3 is 6.18 Å². The fourth-order valence-electron chi connectivity index (χ4n) is 1.64. The van der Waals surface area contributed by atoms with Crippen molar-refractivity contribution >= 4 is 11.5 Å². The minimum absolute atomic E-state index is 0.0740. The molecule has 0 fully saturated rings. The lowest BCUT2D eigenvalue weighted by Gasteiger charge is -2.13. The van der Waals surface area contributed by atoms with Crippen molar-refractivity contribution in [3.8, 4) is 0 Å². The Kier molecular flexibility index (Phi) is 3.91. The van der Waals surface area contributed by atoms with E-state index in [9.17, 15) is 13.2 Å². The molecule has 0 aliphatic heterocycles. The van der Waals surface area contributed by atoms with Gasteiger partial charge in [0.15, 0.2) is 6.29 Å². The van der Waals surface area contributed by atoms with E-state index in [0.717, 1.165) is 12.1 Å². The summed E-state index contributed by atoms with van der Waals surface area (Å²) >= 11 is 0. The molecule has 0 aliphatic carbocycles. The molecule has 0 aliphatic rings. The Hall–Kier alpha value is -2.12. The van der Waals surface area contributed by atoms with Gasteiger partial charge in [-0.05, 0) is 30.3 Å². The molecule has 0 amide bonds. The average Bonchev–Trinajstić information content (AvgIpc) is 2.38. The molecule has 0 spiro atoms. The maximum Gasteiger partial charge on any atom is 0.416 e. The Bertz CT molecular complexity index is 600. The molecule has 7 heteroatoms. The Balaban J connectivity index is 2.31. The predicted octanol–water partition coefficient (Wildman–Crippen LogP) is 2.83. The first-order valence-corrected chi connectivity index (χ1v) is 5.63. The van der Waals surface area contributed by atoms with Crippen LogP contribution in [0.15, 0.2) is 42.6 Å². The number of benzene rings is 1. The molecule has 2 rings (SSSR count). The fourth-order valence-corrected chi connectivity index (χ4v) is 1.64. The van der Waals surface area contributed by atoms with Gasteiger partial charge in [-0.25, -0.2) is 4.98 Å². The number of nitrogens with one attached hydrogen (secondary N) is 1. The molecule has 0 atom stereocenters. The molecule has 0 radical (unpaired) electrons. The Morgan fingerprint density at radius 2 is 1.85 bits per heavy atom. The quantitative estimate of drug-likeness (QED) is 0.758. The van der Waals surface area contributed by atoms with Crippen molar-refractivity contribution in [1.29, 1.82) is 0 Å². The Morgan fingerprint density at radius 3 is 2.50 bits per heavy atom. The van der Waals surface area contributed by atoms with Crippen LogP contribution >= 0.6 is 0 Å². The van der Waals surface area contributed by atoms with Crippen molar-refractivity contribution in [2.24, 2.45) is 0 Å². The minimum atomic E-state index is -4.44. The highest BCUT2D eigenvalue weighted by molar-refractivity contribution is 5.60. The molecule has 0 bridgehead atoms. The largest absolute Gasteiger partial charge is 0.416 e. The molecule has 106 valence electrons. The van der Waals surface area contributed by atoms with Crippen LogP contribution in [0.4, 0.5) is 24.7 Å². The summed E-state index contributed by atoms with van der Waals surface area (Å²) in [6, 6.07) is 7.45. The molecule has 0 saturated heterocycles. The lowest BCUT2D eigenvalue weighted by molar-refractivity contribution is -0.137. The molecule has 0 saturated carbocycles. The van der Waals surface area contributed by atoms with Gasteiger partial charge in [-0.3, -0.25) is 0 Å². The van der Waals surface area contributed by atoms with Gasteiger partial charge in [-0.1, -0.05) is 6.07 Å². The van der Waals surface area contributed by atoms with Crippen molar-refractivity contribution < 1.29 is 23.4 Å². The number of hydrogen-bond acceptors (Lipinski definition) is 4. The summed E-state index contributed by atoms with van der Waals surface area (Å²) in [7, 11) is 0. The van der Waals surface area contributed by atoms with E-state index in [2.05, 4.69) is 10.3 Å². The second-order valence-electron chi connectivity index (χ2n) is 4.02. The maximum absolute atomic E-state index is 12.6. The van der Waals surface area contributed by atoms with E-state index in [1.165, 1.54) is 30.5 Å². The normalized spacial score (nSPS) is 11.7. The van der Waals surface area contributed by atoms with Crippen LogP contribution in [0.3, 0.4) is 0 Å². The van der Waals surface area contributed by atoms with Gasteiger partial charge in [0, 0.05) is 11.9 Å². The SMILES string of the molecule is OC(O)c1cccnc1Nc1cccc(C(F)(F)F)c1. The molecule has 4 nitrogen and oxygen atoms in total. The third kappa shape index (κ3) is 3.25. The van der Waals surface area contributed by atoms with Gasteiger partial charge in [-0.15, -0.1) is 0 Å². The highest BCUT2D eigenvalue weighted by Crippen LogP contribution is 2.31. The van der Waals surface area contributed by atoms with Crippen molar-refractivity contribution in [3.05, 3.63) is 53.7 Å². The monoisotopic (exact) mass is 284 g/mol. The van der Waals surface area contributed by atoms with E-state index in [0.29, 0.717) is 0 Å². The summed E-state index contributed by atoms with van der Waals surface area (Å²) in [4.78, 5) is 3.87. The Morgan fingerprint density at radius 1 is 1.10 bits per heavy atom. The van der Waals surface area contributed by atoms with Gasteiger partial charge in [-0.2, -0.15) is 13.2 Å². The van der Waals surface area contributed by atoms with Gasteiger partial charge in [0.25, 0.3) is 0 Å². The van der Waals surface area contributed by atoms with Crippen LogP contribution in [0.1, 0.15) is 17.4 Å². The van der Waals surface area contributed by atoms with E-state index in [4.69, 9.17) is 10.2 Å². The second-order valence-corrected chi connectivity index (χ2v) is 4.02. The number of alkyl halides is 3. The van der Waals surface area contributed by atoms with Crippen molar-refractivity contribution in [2.75, 3.05) is 5.32 Å². The van der Waals surface area contributed by atoms with Crippen LogP contribution in [0.25, 0.3) is 0 Å². The Labute approximate surface area is 112 Å². The molecule has 1 heterocycles. The van der Waals surface area contributed by atoms with Crippen LogP contribution in [0, 0.1) is 0 Å². The molecular weight excluding hydrogens is 273 g/mol. The maximum atomic E-state index is 12.6. The summed E-state index contributed by atoms with van der Waals surface area (Å²) in [5.74, 6) is 0.0850. The number of halogens is 3. The number of hydrogen-bond donors (Lipinski definition) is 3. The smallest absolute Gasteiger partial charge is 0.364 e. The minimum Gasteiger partial charge on any atom is -0.364 e. The number of nitrogens with zero attached hydrogens (tertiary/aromatic N) is 1. The molecule has 3 N–H and O–H groups in total. The fraction of sp³-hybridized carbons (Fsp3) is 0.154. The molecule has 0 unspecified atom stereocenters. The zero-order valence-electron chi connectivity index (χ0n) is 10.1. The summed E-state index contributed by atoms with van der Waals surface area (Å²) in [5, 5.41) is 21.0. The van der Waals surface area contributed by atoms with Gasteiger partial charge in [0.2, 0.25) is 0 Å². The first-order valence-electron chi connectivity index (χ1n) is 5.63. The number of aromatic nitrogens is 1. The molecule has 1 aromatic carbocycles. The van der Waals surface area contributed by atoms with Crippen molar-refractivity contribution in [3.63, 3.8) is 0 Å². The first-order chi connectivity index (χ1) is 9.38. The molecular formula is C13H11F3N2O2. The lowest BCUT2D eigenvalue weighted by atomic mass is 10.2. The van der Waals surface area contributed by atoms with E-state index < -0.39 is 18.0 Å². The third-order valence-corrected chi connectivity index (χ3v) is 2.57. The van der Waals surface area contributed by atoms with E-state index in [-0.39, 0.29) is 17.1 Å². The second kappa shape index (κ2) is 5.48. The summed E-state index contributed by atoms with van der Waals surface area (Å²) in [6.07, 6.45) is -4.82. The number of anilines is 2. The van der Waals surface area contributed by atoms with Crippen LogP contribution in [-0.2, 0) is 6.18 Å². The predicted molar refractivity (Wildman–Crippen MR) is 66.1 cm³/mol. The zero-order valence-corrected chi connectivity index (χ0v) is 10.1. The number of pyridine rings is 1. The van der Waals surface area contributed by atoms with Crippen LogP contribution < -0.4 is 5.32 Å². The summed E-state index contributed by atoms with van der Waals surface area (Å²) < 4.78 is 37.8. The van der Waals surface area contributed by atoms with Crippen molar-refractivity contribution in [2.45, 2.75) is 12.5 Å². The molecule has 2 aromatic rings. The highest BCUT2D eigenvalue weighted by Gasteiger charge is 2.30. The number of rotatable bonds is 3. The van der Waals surface area contributed by atoms with E-state index in [1.807, 2.05) is 0 Å². The number of aliphatic hydroxyl groups is 2. The van der Waals surface area contributed by atoms with Crippen LogP contribution in [0.5, 0.6) is 0 Å². The zero-order chi connectivity index (χ0) is 14.8. The van der Waals surface area contributed by atoms with E-state index >= 15 is 0 Å². The highest BCUT2D eigenvalue weighted by atomic mass is 19.4. The third-order valence-electron chi connectivity index (χ3n) is 2.57. The van der Waals surface area contributed by atoms with Gasteiger partial charge < -0.3 is 15.5 Å². The molecule has 1 aromatic heterocycles. The van der Waals surface area contributed by atoms with Crippen LogP contribution in [-0.4, -0.2) is 15.2 Å². The average molecular weight is 284 g/mol. The topological polar surface area (TPSA) is 65.4 Å². The lowest BCUT2D eigenvalue weighted by Crippen LogP contribution is -2.06. The first kappa shape index (κ1) is 14.3. The molecule has 20 heavy (non-hydrogen) atoms. The van der Waals surface area contributed by atoms with Crippen LogP contribution in [0.2, 0.25) is 0 Å². The standard InChI is InChI=1S/C13H11F3N2O2/c14-13(15,16)8-3-1-4-9(7-8)18-11-10(12(19)20)5-2-6-17-11/h1-7,12,19-20H,(H,17,18). The summed E-state index contributed by atoms with van der Waals surface area (Å²) in [5.41, 5.74) is -0.574. The van der Waals surface area contributed by atoms with Gasteiger partial charge in [0.1, 0.15) is 5.82 Å². The summed E-state index contributed by atoms with van der Waals surface area (Å²) in [6.45, 7) is 0. The van der Waals surface area contributed by atoms with E-state index in [1.54, 1.807) is 0 Å². The van der Waals surface area contributed by atoms with Gasteiger partial charge in [0.05, 0.1) is 11.1 Å².